The maximum atomic E-state index is 13.3. The molecule has 29 heavy (non-hydrogen) atoms. The van der Waals surface area contributed by atoms with E-state index in [1.165, 1.54) is 16.7 Å². The second kappa shape index (κ2) is 7.97. The predicted octanol–water partition coefficient (Wildman–Crippen LogP) is 5.29. The monoisotopic (exact) mass is 400 g/mol. The van der Waals surface area contributed by atoms with Gasteiger partial charge in [-0.05, 0) is 55.3 Å². The molecule has 0 saturated heterocycles. The van der Waals surface area contributed by atoms with Crippen molar-refractivity contribution >= 4 is 35.0 Å². The van der Waals surface area contributed by atoms with E-state index in [-0.39, 0.29) is 11.8 Å². The molecule has 1 heterocycles. The highest BCUT2D eigenvalue weighted by Gasteiger charge is 2.40. The molecule has 0 unspecified atom stereocenters. The Hall–Kier alpha value is -3.31. The molecule has 5 heteroatoms. The van der Waals surface area contributed by atoms with E-state index in [0.717, 1.165) is 21.7 Å². The van der Waals surface area contributed by atoms with Gasteiger partial charge in [0.2, 0.25) is 0 Å². The van der Waals surface area contributed by atoms with Crippen LogP contribution >= 0.6 is 11.8 Å². The molecule has 1 aliphatic heterocycles. The Bertz CT molecular complexity index is 1110. The number of imide groups is 1. The van der Waals surface area contributed by atoms with Gasteiger partial charge in [-0.15, -0.1) is 0 Å². The van der Waals surface area contributed by atoms with Crippen LogP contribution in [0.3, 0.4) is 0 Å². The standard InChI is InChI=1S/C24H20N2O2S/c1-16-13-14-17(2)20(15-16)25-21-22(29-19-11-7-4-8-12-19)24(28)26(23(21)27)18-9-5-3-6-10-18/h3-15,25H,1-2H3. The Kier molecular flexibility index (Phi) is 5.23. The maximum Gasteiger partial charge on any atom is 0.283 e. The van der Waals surface area contributed by atoms with Crippen molar-refractivity contribution in [1.82, 2.24) is 0 Å². The van der Waals surface area contributed by atoms with Crippen molar-refractivity contribution in [3.8, 4) is 0 Å². The SMILES string of the molecule is Cc1ccc(C)c(NC2=C(Sc3ccccc3)C(=O)N(c3ccccc3)C2=O)c1. The van der Waals surface area contributed by atoms with Gasteiger partial charge in [0.1, 0.15) is 10.6 Å². The molecule has 0 aromatic heterocycles. The molecule has 0 radical (unpaired) electrons. The van der Waals surface area contributed by atoms with E-state index >= 15 is 0 Å². The summed E-state index contributed by atoms with van der Waals surface area (Å²) in [6.07, 6.45) is 0. The molecule has 0 saturated carbocycles. The molecule has 144 valence electrons. The molecule has 0 fully saturated rings. The van der Waals surface area contributed by atoms with Crippen LogP contribution in [0.1, 0.15) is 11.1 Å². The number of benzene rings is 3. The minimum Gasteiger partial charge on any atom is -0.350 e. The summed E-state index contributed by atoms with van der Waals surface area (Å²) in [5.74, 6) is -0.664. The topological polar surface area (TPSA) is 49.4 Å². The van der Waals surface area contributed by atoms with Gasteiger partial charge in [-0.25, -0.2) is 4.90 Å². The Morgan fingerprint density at radius 3 is 2.14 bits per heavy atom. The zero-order valence-electron chi connectivity index (χ0n) is 16.2. The summed E-state index contributed by atoms with van der Waals surface area (Å²) in [6, 6.07) is 24.6. The first-order valence-electron chi connectivity index (χ1n) is 9.30. The third kappa shape index (κ3) is 3.82. The van der Waals surface area contributed by atoms with Crippen LogP contribution < -0.4 is 10.2 Å². The highest BCUT2D eigenvalue weighted by atomic mass is 32.2. The molecule has 0 spiro atoms. The number of para-hydroxylation sites is 1. The van der Waals surface area contributed by atoms with Crippen molar-refractivity contribution in [2.75, 3.05) is 10.2 Å². The second-order valence-corrected chi connectivity index (χ2v) is 7.93. The number of aryl methyl sites for hydroxylation is 2. The van der Waals surface area contributed by atoms with E-state index in [1.54, 1.807) is 12.1 Å². The molecule has 1 aliphatic rings. The van der Waals surface area contributed by atoms with E-state index < -0.39 is 0 Å². The van der Waals surface area contributed by atoms with E-state index in [9.17, 15) is 9.59 Å². The summed E-state index contributed by atoms with van der Waals surface area (Å²) in [7, 11) is 0. The van der Waals surface area contributed by atoms with Gasteiger partial charge in [0, 0.05) is 10.6 Å². The van der Waals surface area contributed by atoms with Crippen LogP contribution in [0, 0.1) is 13.8 Å². The number of nitrogens with zero attached hydrogens (tertiary/aromatic N) is 1. The third-order valence-electron chi connectivity index (χ3n) is 4.67. The summed E-state index contributed by atoms with van der Waals surface area (Å²) < 4.78 is 0. The average Bonchev–Trinajstić information content (AvgIpc) is 2.96. The van der Waals surface area contributed by atoms with Crippen molar-refractivity contribution in [3.63, 3.8) is 0 Å². The van der Waals surface area contributed by atoms with Crippen molar-refractivity contribution in [2.45, 2.75) is 18.7 Å². The predicted molar refractivity (Wildman–Crippen MR) is 118 cm³/mol. The smallest absolute Gasteiger partial charge is 0.283 e. The fraction of sp³-hybridized carbons (Fsp3) is 0.0833. The number of amides is 2. The lowest BCUT2D eigenvalue weighted by molar-refractivity contribution is -0.120. The highest BCUT2D eigenvalue weighted by molar-refractivity contribution is 8.04. The zero-order chi connectivity index (χ0) is 20.4. The summed E-state index contributed by atoms with van der Waals surface area (Å²) in [5.41, 5.74) is 3.77. The van der Waals surface area contributed by atoms with Crippen LogP contribution in [0.25, 0.3) is 0 Å². The minimum absolute atomic E-state index is 0.307. The maximum absolute atomic E-state index is 13.3. The van der Waals surface area contributed by atoms with Crippen molar-refractivity contribution in [3.05, 3.63) is 101 Å². The molecule has 0 bridgehead atoms. The zero-order valence-corrected chi connectivity index (χ0v) is 17.0. The van der Waals surface area contributed by atoms with Gasteiger partial charge < -0.3 is 5.32 Å². The van der Waals surface area contributed by atoms with Gasteiger partial charge >= 0.3 is 0 Å². The van der Waals surface area contributed by atoms with Crippen LogP contribution in [0.4, 0.5) is 11.4 Å². The number of rotatable bonds is 5. The van der Waals surface area contributed by atoms with Crippen LogP contribution in [0.2, 0.25) is 0 Å². The van der Waals surface area contributed by atoms with Crippen molar-refractivity contribution in [1.29, 1.82) is 0 Å². The number of hydrogen-bond acceptors (Lipinski definition) is 4. The molecule has 3 aromatic carbocycles. The summed E-state index contributed by atoms with van der Waals surface area (Å²) in [6.45, 7) is 3.97. The molecular weight excluding hydrogens is 380 g/mol. The van der Waals surface area contributed by atoms with Crippen LogP contribution in [-0.2, 0) is 9.59 Å². The Labute approximate surface area is 174 Å². The lowest BCUT2D eigenvalue weighted by Gasteiger charge is -2.15. The number of carbonyl (C=O) groups excluding carboxylic acids is 2. The molecule has 3 aromatic rings. The molecule has 4 nitrogen and oxygen atoms in total. The van der Waals surface area contributed by atoms with Crippen LogP contribution in [-0.4, -0.2) is 11.8 Å². The molecule has 1 N–H and O–H groups in total. The highest BCUT2D eigenvalue weighted by Crippen LogP contribution is 2.38. The van der Waals surface area contributed by atoms with E-state index in [0.29, 0.717) is 16.3 Å². The van der Waals surface area contributed by atoms with Gasteiger partial charge in [-0.2, -0.15) is 0 Å². The van der Waals surface area contributed by atoms with Crippen molar-refractivity contribution in [2.24, 2.45) is 0 Å². The van der Waals surface area contributed by atoms with Gasteiger partial charge in [-0.1, -0.05) is 60.3 Å². The molecule has 2 amide bonds. The normalized spacial score (nSPS) is 13.9. The third-order valence-corrected chi connectivity index (χ3v) is 5.76. The van der Waals surface area contributed by atoms with Gasteiger partial charge in [0.05, 0.1) is 5.69 Å². The quantitative estimate of drug-likeness (QED) is 0.591. The van der Waals surface area contributed by atoms with Gasteiger partial charge in [-0.3, -0.25) is 9.59 Å². The van der Waals surface area contributed by atoms with Crippen LogP contribution in [0.15, 0.2) is 94.4 Å². The minimum atomic E-state index is -0.347. The molecule has 0 aliphatic carbocycles. The fourth-order valence-corrected chi connectivity index (χ4v) is 4.09. The Morgan fingerprint density at radius 1 is 0.793 bits per heavy atom. The van der Waals surface area contributed by atoms with E-state index in [4.69, 9.17) is 0 Å². The first-order valence-corrected chi connectivity index (χ1v) is 10.1. The molecule has 0 atom stereocenters. The van der Waals surface area contributed by atoms with Gasteiger partial charge in [0.25, 0.3) is 11.8 Å². The summed E-state index contributed by atoms with van der Waals surface area (Å²) in [4.78, 5) is 29.1. The van der Waals surface area contributed by atoms with Crippen LogP contribution in [0.5, 0.6) is 0 Å². The number of hydrogen-bond donors (Lipinski definition) is 1. The molecule has 4 rings (SSSR count). The number of anilines is 2. The van der Waals surface area contributed by atoms with E-state index in [2.05, 4.69) is 5.32 Å². The molecular formula is C24H20N2O2S. The lowest BCUT2D eigenvalue weighted by Crippen LogP contribution is -2.32. The Morgan fingerprint density at radius 2 is 1.45 bits per heavy atom. The van der Waals surface area contributed by atoms with Crippen molar-refractivity contribution < 1.29 is 9.59 Å². The van der Waals surface area contributed by atoms with E-state index in [1.807, 2.05) is 80.6 Å². The fourth-order valence-electron chi connectivity index (χ4n) is 3.14. The van der Waals surface area contributed by atoms with Gasteiger partial charge in [0.15, 0.2) is 0 Å². The number of thioether (sulfide) groups is 1. The number of nitrogens with one attached hydrogen (secondary N) is 1. The Balaban J connectivity index is 1.77. The average molecular weight is 401 g/mol. The number of carbonyl (C=O) groups is 2. The second-order valence-electron chi connectivity index (χ2n) is 6.84. The summed E-state index contributed by atoms with van der Waals surface area (Å²) >= 11 is 1.30. The first kappa shape index (κ1) is 19.0. The summed E-state index contributed by atoms with van der Waals surface area (Å²) in [5, 5.41) is 3.25. The first-order chi connectivity index (χ1) is 14.0. The lowest BCUT2D eigenvalue weighted by atomic mass is 10.1. The largest absolute Gasteiger partial charge is 0.350 e.